The predicted octanol–water partition coefficient (Wildman–Crippen LogP) is 4.08. The molecule has 1 fully saturated rings. The Kier molecular flexibility index (Phi) is 4.69. The van der Waals surface area contributed by atoms with E-state index in [9.17, 15) is 0 Å². The van der Waals surface area contributed by atoms with Crippen LogP contribution >= 0.6 is 23.2 Å². The number of halogens is 2. The number of rotatable bonds is 3. The normalized spacial score (nSPS) is 19.2. The van der Waals surface area contributed by atoms with E-state index in [-0.39, 0.29) is 6.04 Å². The number of nitrogens with two attached hydrogens (primary N) is 1. The molecule has 0 amide bonds. The summed E-state index contributed by atoms with van der Waals surface area (Å²) in [6.45, 7) is 0. The SMILES string of the molecule is NNC(c1ccc(Cl)c(Cl)c1)C1CCCCC1. The number of nitrogens with one attached hydrogen (secondary N) is 1. The second-order valence-electron chi connectivity index (χ2n) is 4.72. The predicted molar refractivity (Wildman–Crippen MR) is 73.1 cm³/mol. The summed E-state index contributed by atoms with van der Waals surface area (Å²) in [5.41, 5.74) is 4.07. The van der Waals surface area contributed by atoms with E-state index in [0.29, 0.717) is 16.0 Å². The molecule has 17 heavy (non-hydrogen) atoms. The molecule has 1 saturated carbocycles. The molecule has 2 rings (SSSR count). The highest BCUT2D eigenvalue weighted by Crippen LogP contribution is 2.35. The molecule has 0 spiro atoms. The Hall–Kier alpha value is -0.280. The van der Waals surface area contributed by atoms with Crippen LogP contribution in [0.3, 0.4) is 0 Å². The molecule has 1 aromatic rings. The van der Waals surface area contributed by atoms with Crippen LogP contribution in [-0.2, 0) is 0 Å². The zero-order chi connectivity index (χ0) is 12.3. The van der Waals surface area contributed by atoms with Crippen LogP contribution in [0.4, 0.5) is 0 Å². The Balaban J connectivity index is 2.18. The van der Waals surface area contributed by atoms with Crippen LogP contribution in [0.1, 0.15) is 43.7 Å². The van der Waals surface area contributed by atoms with Crippen molar-refractivity contribution in [2.45, 2.75) is 38.1 Å². The molecule has 0 bridgehead atoms. The lowest BCUT2D eigenvalue weighted by molar-refractivity contribution is 0.273. The minimum absolute atomic E-state index is 0.185. The van der Waals surface area contributed by atoms with Gasteiger partial charge in [0.15, 0.2) is 0 Å². The van der Waals surface area contributed by atoms with E-state index in [1.165, 1.54) is 32.1 Å². The van der Waals surface area contributed by atoms with Gasteiger partial charge in [-0.15, -0.1) is 0 Å². The molecule has 0 aromatic heterocycles. The van der Waals surface area contributed by atoms with E-state index in [2.05, 4.69) is 5.43 Å². The average Bonchev–Trinajstić information content (AvgIpc) is 2.36. The van der Waals surface area contributed by atoms with Gasteiger partial charge >= 0.3 is 0 Å². The number of hydrogen-bond acceptors (Lipinski definition) is 2. The third-order valence-corrected chi connectivity index (χ3v) is 4.34. The van der Waals surface area contributed by atoms with Crippen molar-refractivity contribution >= 4 is 23.2 Å². The quantitative estimate of drug-likeness (QED) is 0.643. The van der Waals surface area contributed by atoms with Crippen molar-refractivity contribution in [1.82, 2.24) is 5.43 Å². The highest BCUT2D eigenvalue weighted by molar-refractivity contribution is 6.42. The highest BCUT2D eigenvalue weighted by Gasteiger charge is 2.24. The Morgan fingerprint density at radius 2 is 1.82 bits per heavy atom. The molecule has 94 valence electrons. The lowest BCUT2D eigenvalue weighted by atomic mass is 9.81. The van der Waals surface area contributed by atoms with Crippen molar-refractivity contribution in [3.8, 4) is 0 Å². The molecule has 0 aliphatic heterocycles. The summed E-state index contributed by atoms with van der Waals surface area (Å²) in [5.74, 6) is 6.30. The third-order valence-electron chi connectivity index (χ3n) is 3.60. The lowest BCUT2D eigenvalue weighted by Gasteiger charge is -2.30. The van der Waals surface area contributed by atoms with Crippen LogP contribution in [0.25, 0.3) is 0 Å². The van der Waals surface area contributed by atoms with Gasteiger partial charge < -0.3 is 0 Å². The van der Waals surface area contributed by atoms with Crippen molar-refractivity contribution < 1.29 is 0 Å². The summed E-state index contributed by atoms with van der Waals surface area (Å²) in [6.07, 6.45) is 6.40. The summed E-state index contributed by atoms with van der Waals surface area (Å²) in [4.78, 5) is 0. The fourth-order valence-electron chi connectivity index (χ4n) is 2.68. The summed E-state index contributed by atoms with van der Waals surface area (Å²) in [7, 11) is 0. The molecule has 0 saturated heterocycles. The Bertz CT molecular complexity index is 376. The molecule has 0 radical (unpaired) electrons. The molecule has 4 heteroatoms. The van der Waals surface area contributed by atoms with E-state index in [1.807, 2.05) is 18.2 Å². The van der Waals surface area contributed by atoms with Gasteiger partial charge in [0.05, 0.1) is 10.0 Å². The molecule has 1 aromatic carbocycles. The standard InChI is InChI=1S/C13H18Cl2N2/c14-11-7-6-10(8-12(11)15)13(17-16)9-4-2-1-3-5-9/h6-9,13,17H,1-5,16H2. The van der Waals surface area contributed by atoms with Gasteiger partial charge in [0.25, 0.3) is 0 Å². The highest BCUT2D eigenvalue weighted by atomic mass is 35.5. The second-order valence-corrected chi connectivity index (χ2v) is 5.53. The average molecular weight is 273 g/mol. The number of hydrogen-bond donors (Lipinski definition) is 2. The van der Waals surface area contributed by atoms with Gasteiger partial charge in [0.1, 0.15) is 0 Å². The molecule has 0 heterocycles. The maximum Gasteiger partial charge on any atom is 0.0595 e. The van der Waals surface area contributed by atoms with Gasteiger partial charge in [-0.05, 0) is 36.5 Å². The molecule has 1 aliphatic rings. The van der Waals surface area contributed by atoms with E-state index in [4.69, 9.17) is 29.0 Å². The molecule has 2 nitrogen and oxygen atoms in total. The summed E-state index contributed by atoms with van der Waals surface area (Å²) < 4.78 is 0. The van der Waals surface area contributed by atoms with Gasteiger partial charge in [0, 0.05) is 6.04 Å². The topological polar surface area (TPSA) is 38.0 Å². The van der Waals surface area contributed by atoms with E-state index in [0.717, 1.165) is 5.56 Å². The Morgan fingerprint density at radius 1 is 1.12 bits per heavy atom. The number of hydrazine groups is 1. The van der Waals surface area contributed by atoms with Crippen LogP contribution in [0.15, 0.2) is 18.2 Å². The van der Waals surface area contributed by atoms with Crippen molar-refractivity contribution in [2.75, 3.05) is 0 Å². The van der Waals surface area contributed by atoms with Crippen molar-refractivity contribution in [3.05, 3.63) is 33.8 Å². The summed E-state index contributed by atoms with van der Waals surface area (Å²) >= 11 is 12.0. The van der Waals surface area contributed by atoms with Crippen LogP contribution in [0, 0.1) is 5.92 Å². The lowest BCUT2D eigenvalue weighted by Crippen LogP contribution is -2.34. The Labute approximate surface area is 112 Å². The van der Waals surface area contributed by atoms with Crippen LogP contribution < -0.4 is 11.3 Å². The fourth-order valence-corrected chi connectivity index (χ4v) is 2.98. The fraction of sp³-hybridized carbons (Fsp3) is 0.538. The zero-order valence-corrected chi connectivity index (χ0v) is 11.3. The van der Waals surface area contributed by atoms with E-state index >= 15 is 0 Å². The molecular formula is C13H18Cl2N2. The first-order chi connectivity index (χ1) is 8.22. The minimum Gasteiger partial charge on any atom is -0.271 e. The summed E-state index contributed by atoms with van der Waals surface area (Å²) in [5, 5.41) is 1.19. The van der Waals surface area contributed by atoms with Crippen LogP contribution in [-0.4, -0.2) is 0 Å². The van der Waals surface area contributed by atoms with Crippen molar-refractivity contribution in [2.24, 2.45) is 11.8 Å². The van der Waals surface area contributed by atoms with Gasteiger partial charge in [-0.25, -0.2) is 0 Å². The van der Waals surface area contributed by atoms with Crippen LogP contribution in [0.5, 0.6) is 0 Å². The van der Waals surface area contributed by atoms with Gasteiger partial charge in [-0.1, -0.05) is 48.5 Å². The molecule has 3 N–H and O–H groups in total. The number of benzene rings is 1. The zero-order valence-electron chi connectivity index (χ0n) is 9.76. The first-order valence-electron chi connectivity index (χ1n) is 6.13. The van der Waals surface area contributed by atoms with E-state index in [1.54, 1.807) is 0 Å². The van der Waals surface area contributed by atoms with Gasteiger partial charge in [-0.2, -0.15) is 0 Å². The third kappa shape index (κ3) is 3.14. The maximum atomic E-state index is 6.05. The monoisotopic (exact) mass is 272 g/mol. The van der Waals surface area contributed by atoms with Crippen molar-refractivity contribution in [1.29, 1.82) is 0 Å². The van der Waals surface area contributed by atoms with Gasteiger partial charge in [0.2, 0.25) is 0 Å². The molecule has 1 atom stereocenters. The van der Waals surface area contributed by atoms with Crippen molar-refractivity contribution in [3.63, 3.8) is 0 Å². The smallest absolute Gasteiger partial charge is 0.0595 e. The first-order valence-corrected chi connectivity index (χ1v) is 6.89. The summed E-state index contributed by atoms with van der Waals surface area (Å²) in [6, 6.07) is 5.95. The Morgan fingerprint density at radius 3 is 2.41 bits per heavy atom. The first kappa shape index (κ1) is 13.2. The maximum absolute atomic E-state index is 6.05. The van der Waals surface area contributed by atoms with E-state index < -0.39 is 0 Å². The largest absolute Gasteiger partial charge is 0.271 e. The second kappa shape index (κ2) is 6.05. The van der Waals surface area contributed by atoms with Gasteiger partial charge in [-0.3, -0.25) is 11.3 Å². The molecule has 1 unspecified atom stereocenters. The van der Waals surface area contributed by atoms with Crippen LogP contribution in [0.2, 0.25) is 10.0 Å². The molecule has 1 aliphatic carbocycles. The molecular weight excluding hydrogens is 255 g/mol. The minimum atomic E-state index is 0.185.